The minimum Gasteiger partial charge on any atom is -0.493 e. The number of amides is 2. The maximum atomic E-state index is 13.2. The standard InChI is InChI=1S/C24H18BrFN2O4/c1-31-21-13-17(25)11-16(22(21)32-14-15-7-9-18(26)10-8-15)12-20-23(29)27-28(24(20)30)19-5-3-2-4-6-19/h2-13H,14H2,1H3,(H,27,29). The van der Waals surface area contributed by atoms with Gasteiger partial charge >= 0.3 is 0 Å². The van der Waals surface area contributed by atoms with Crippen molar-refractivity contribution >= 4 is 39.5 Å². The Morgan fingerprint density at radius 2 is 1.78 bits per heavy atom. The number of carbonyl (C=O) groups excluding carboxylic acids is 2. The molecule has 0 unspecified atom stereocenters. The summed E-state index contributed by atoms with van der Waals surface area (Å²) < 4.78 is 25.3. The van der Waals surface area contributed by atoms with Crippen molar-refractivity contribution in [1.29, 1.82) is 0 Å². The van der Waals surface area contributed by atoms with Crippen LogP contribution in [0.2, 0.25) is 0 Å². The minimum atomic E-state index is -0.526. The summed E-state index contributed by atoms with van der Waals surface area (Å²) >= 11 is 3.42. The van der Waals surface area contributed by atoms with E-state index in [4.69, 9.17) is 9.47 Å². The van der Waals surface area contributed by atoms with Gasteiger partial charge in [-0.15, -0.1) is 0 Å². The molecule has 1 fully saturated rings. The molecular formula is C24H18BrFN2O4. The second kappa shape index (κ2) is 9.23. The highest BCUT2D eigenvalue weighted by Gasteiger charge is 2.34. The van der Waals surface area contributed by atoms with Crippen LogP contribution in [-0.2, 0) is 16.2 Å². The van der Waals surface area contributed by atoms with Gasteiger partial charge in [0.15, 0.2) is 11.5 Å². The molecule has 32 heavy (non-hydrogen) atoms. The summed E-state index contributed by atoms with van der Waals surface area (Å²) in [5.74, 6) is -0.577. The van der Waals surface area contributed by atoms with Crippen molar-refractivity contribution in [3.8, 4) is 11.5 Å². The molecule has 0 atom stereocenters. The molecule has 1 N–H and O–H groups in total. The van der Waals surface area contributed by atoms with Crippen LogP contribution in [0.15, 0.2) is 76.8 Å². The molecule has 0 aromatic heterocycles. The molecule has 1 heterocycles. The number of hydrogen-bond donors (Lipinski definition) is 1. The Bertz CT molecular complexity index is 1200. The summed E-state index contributed by atoms with van der Waals surface area (Å²) in [6.07, 6.45) is 1.47. The zero-order valence-electron chi connectivity index (χ0n) is 17.0. The number of hydrogen-bond acceptors (Lipinski definition) is 4. The van der Waals surface area contributed by atoms with Crippen LogP contribution in [0.3, 0.4) is 0 Å². The number of ether oxygens (including phenoxy) is 2. The number of carbonyl (C=O) groups is 2. The third kappa shape index (κ3) is 4.50. The van der Waals surface area contributed by atoms with Crippen LogP contribution in [-0.4, -0.2) is 18.9 Å². The molecule has 0 spiro atoms. The maximum absolute atomic E-state index is 13.2. The van der Waals surface area contributed by atoms with Gasteiger partial charge in [0.05, 0.1) is 12.8 Å². The van der Waals surface area contributed by atoms with Gasteiger partial charge in [0.1, 0.15) is 18.0 Å². The summed E-state index contributed by atoms with van der Waals surface area (Å²) in [6.45, 7) is 0.144. The molecule has 6 nitrogen and oxygen atoms in total. The summed E-state index contributed by atoms with van der Waals surface area (Å²) in [5, 5.41) is 1.20. The summed E-state index contributed by atoms with van der Waals surface area (Å²) in [5.41, 5.74) is 4.31. The van der Waals surface area contributed by atoms with Gasteiger partial charge in [-0.05, 0) is 48.0 Å². The average Bonchev–Trinajstić information content (AvgIpc) is 3.08. The quantitative estimate of drug-likeness (QED) is 0.398. The third-order valence-electron chi connectivity index (χ3n) is 4.77. The first-order valence-electron chi connectivity index (χ1n) is 9.63. The summed E-state index contributed by atoms with van der Waals surface area (Å²) in [4.78, 5) is 25.5. The lowest BCUT2D eigenvalue weighted by Gasteiger charge is -2.15. The number of benzene rings is 3. The molecule has 2 amide bonds. The van der Waals surface area contributed by atoms with Crippen LogP contribution >= 0.6 is 15.9 Å². The highest BCUT2D eigenvalue weighted by molar-refractivity contribution is 9.10. The molecule has 8 heteroatoms. The van der Waals surface area contributed by atoms with E-state index in [2.05, 4.69) is 21.4 Å². The third-order valence-corrected chi connectivity index (χ3v) is 5.23. The van der Waals surface area contributed by atoms with Crippen LogP contribution in [0.4, 0.5) is 10.1 Å². The highest BCUT2D eigenvalue weighted by atomic mass is 79.9. The Kier molecular flexibility index (Phi) is 6.23. The van der Waals surface area contributed by atoms with Gasteiger partial charge in [-0.2, -0.15) is 0 Å². The normalized spacial score (nSPS) is 14.6. The number of methoxy groups -OCH3 is 1. The topological polar surface area (TPSA) is 67.9 Å². The molecule has 4 rings (SSSR count). The molecular weight excluding hydrogens is 479 g/mol. The van der Waals surface area contributed by atoms with E-state index in [-0.39, 0.29) is 18.0 Å². The van der Waals surface area contributed by atoms with E-state index in [0.29, 0.717) is 27.2 Å². The van der Waals surface area contributed by atoms with Crippen molar-refractivity contribution < 1.29 is 23.5 Å². The first-order chi connectivity index (χ1) is 15.5. The average molecular weight is 497 g/mol. The van der Waals surface area contributed by atoms with Crippen LogP contribution in [0, 0.1) is 5.82 Å². The lowest BCUT2D eigenvalue weighted by Crippen LogP contribution is -2.35. The molecule has 0 radical (unpaired) electrons. The van der Waals surface area contributed by atoms with Crippen molar-refractivity contribution in [1.82, 2.24) is 5.43 Å². The van der Waals surface area contributed by atoms with Gasteiger partial charge in [0.2, 0.25) is 0 Å². The number of hydrazine groups is 1. The predicted octanol–water partition coefficient (Wildman–Crippen LogP) is 4.64. The zero-order chi connectivity index (χ0) is 22.7. The zero-order valence-corrected chi connectivity index (χ0v) is 18.6. The van der Waals surface area contributed by atoms with Gasteiger partial charge in [-0.25, -0.2) is 9.40 Å². The lowest BCUT2D eigenvalue weighted by atomic mass is 10.1. The fourth-order valence-electron chi connectivity index (χ4n) is 3.21. The Balaban J connectivity index is 1.68. The molecule has 3 aromatic rings. The number of nitrogens with one attached hydrogen (secondary N) is 1. The second-order valence-electron chi connectivity index (χ2n) is 6.92. The molecule has 1 aliphatic rings. The van der Waals surface area contributed by atoms with Gasteiger partial charge < -0.3 is 9.47 Å². The van der Waals surface area contributed by atoms with E-state index in [9.17, 15) is 14.0 Å². The van der Waals surface area contributed by atoms with E-state index >= 15 is 0 Å². The van der Waals surface area contributed by atoms with Crippen LogP contribution in [0.25, 0.3) is 6.08 Å². The number of halogens is 2. The number of anilines is 1. The van der Waals surface area contributed by atoms with E-state index in [1.165, 1.54) is 30.3 Å². The van der Waals surface area contributed by atoms with Gasteiger partial charge in [0, 0.05) is 10.0 Å². The number of nitrogens with zero attached hydrogens (tertiary/aromatic N) is 1. The van der Waals surface area contributed by atoms with E-state index in [0.717, 1.165) is 5.56 Å². The van der Waals surface area contributed by atoms with Crippen molar-refractivity contribution in [2.45, 2.75) is 6.61 Å². The molecule has 1 aliphatic heterocycles. The fourth-order valence-corrected chi connectivity index (χ4v) is 3.66. The van der Waals surface area contributed by atoms with Crippen molar-refractivity contribution in [2.24, 2.45) is 0 Å². The molecule has 0 bridgehead atoms. The minimum absolute atomic E-state index is 0.0411. The van der Waals surface area contributed by atoms with Crippen LogP contribution in [0.5, 0.6) is 11.5 Å². The Labute approximate surface area is 192 Å². The summed E-state index contributed by atoms with van der Waals surface area (Å²) in [6, 6.07) is 18.2. The largest absolute Gasteiger partial charge is 0.493 e. The van der Waals surface area contributed by atoms with Crippen LogP contribution < -0.4 is 19.9 Å². The Morgan fingerprint density at radius 3 is 2.47 bits per heavy atom. The SMILES string of the molecule is COc1cc(Br)cc(C=C2C(=O)NN(c3ccccc3)C2=O)c1OCc1ccc(F)cc1. The van der Waals surface area contributed by atoms with Gasteiger partial charge in [-0.1, -0.05) is 46.3 Å². The Morgan fingerprint density at radius 1 is 1.06 bits per heavy atom. The lowest BCUT2D eigenvalue weighted by molar-refractivity contribution is -0.117. The molecule has 0 aliphatic carbocycles. The van der Waals surface area contributed by atoms with E-state index < -0.39 is 11.8 Å². The molecule has 1 saturated heterocycles. The first-order valence-corrected chi connectivity index (χ1v) is 10.4. The number of para-hydroxylation sites is 1. The van der Waals surface area contributed by atoms with Crippen molar-refractivity contribution in [2.75, 3.05) is 12.1 Å². The molecule has 162 valence electrons. The monoisotopic (exact) mass is 496 g/mol. The second-order valence-corrected chi connectivity index (χ2v) is 7.83. The molecule has 3 aromatic carbocycles. The van der Waals surface area contributed by atoms with Crippen molar-refractivity contribution in [3.63, 3.8) is 0 Å². The first kappa shape index (κ1) is 21.6. The van der Waals surface area contributed by atoms with E-state index in [1.807, 2.05) is 6.07 Å². The van der Waals surface area contributed by atoms with E-state index in [1.54, 1.807) is 48.5 Å². The van der Waals surface area contributed by atoms with Gasteiger partial charge in [0.25, 0.3) is 11.8 Å². The van der Waals surface area contributed by atoms with Crippen molar-refractivity contribution in [3.05, 3.63) is 93.7 Å². The number of rotatable bonds is 6. The van der Waals surface area contributed by atoms with Crippen LogP contribution in [0.1, 0.15) is 11.1 Å². The highest BCUT2D eigenvalue weighted by Crippen LogP contribution is 2.37. The van der Waals surface area contributed by atoms with Gasteiger partial charge in [-0.3, -0.25) is 15.0 Å². The smallest absolute Gasteiger partial charge is 0.282 e. The molecule has 0 saturated carbocycles. The summed E-state index contributed by atoms with van der Waals surface area (Å²) in [7, 11) is 1.49. The Hall–Kier alpha value is -3.65. The predicted molar refractivity (Wildman–Crippen MR) is 121 cm³/mol. The fraction of sp³-hybridized carbons (Fsp3) is 0.0833. The maximum Gasteiger partial charge on any atom is 0.282 e.